The molecule has 0 heterocycles. The lowest BCUT2D eigenvalue weighted by Gasteiger charge is -2.22. The van der Waals surface area contributed by atoms with Crippen LogP contribution in [0, 0.1) is 5.92 Å². The highest BCUT2D eigenvalue weighted by molar-refractivity contribution is 5.04. The number of nitrogens with two attached hydrogens (primary N) is 1. The maximum absolute atomic E-state index is 5.46. The molecule has 0 bridgehead atoms. The van der Waals surface area contributed by atoms with Gasteiger partial charge in [-0.05, 0) is 38.6 Å². The lowest BCUT2D eigenvalue weighted by Crippen LogP contribution is -2.07. The van der Waals surface area contributed by atoms with E-state index >= 15 is 0 Å². The molecule has 0 aromatic carbocycles. The average molecular weight is 167 g/mol. The van der Waals surface area contributed by atoms with Gasteiger partial charge in [-0.15, -0.1) is 0 Å². The summed E-state index contributed by atoms with van der Waals surface area (Å²) in [6.45, 7) is 3.07. The van der Waals surface area contributed by atoms with E-state index < -0.39 is 0 Å². The second kappa shape index (κ2) is 5.36. The first-order valence-electron chi connectivity index (χ1n) is 5.21. The van der Waals surface area contributed by atoms with Crippen molar-refractivity contribution in [2.24, 2.45) is 11.7 Å². The smallest absolute Gasteiger partial charge is 0.00425 e. The zero-order valence-corrected chi connectivity index (χ0v) is 8.18. The molecule has 0 aromatic heterocycles. The molecule has 0 spiro atoms. The second-order valence-electron chi connectivity index (χ2n) is 3.86. The Morgan fingerprint density at radius 2 is 2.00 bits per heavy atom. The molecule has 1 heteroatoms. The fourth-order valence-electron chi connectivity index (χ4n) is 2.04. The summed E-state index contributed by atoms with van der Waals surface area (Å²) in [6.07, 6.45) is 10.5. The third-order valence-electron chi connectivity index (χ3n) is 2.88. The highest BCUT2D eigenvalue weighted by atomic mass is 14.5. The van der Waals surface area contributed by atoms with Gasteiger partial charge in [0.15, 0.2) is 0 Å². The molecule has 1 aliphatic carbocycles. The Morgan fingerprint density at radius 3 is 2.58 bits per heavy atom. The molecule has 12 heavy (non-hydrogen) atoms. The molecule has 1 saturated carbocycles. The van der Waals surface area contributed by atoms with E-state index in [4.69, 9.17) is 5.73 Å². The van der Waals surface area contributed by atoms with Gasteiger partial charge in [0.1, 0.15) is 0 Å². The maximum Gasteiger partial charge on any atom is -0.00425 e. The van der Waals surface area contributed by atoms with E-state index in [0.717, 1.165) is 18.9 Å². The fraction of sp³-hybridized carbons (Fsp3) is 0.818. The van der Waals surface area contributed by atoms with Crippen molar-refractivity contribution in [1.29, 1.82) is 0 Å². The third kappa shape index (κ3) is 2.98. The summed E-state index contributed by atoms with van der Waals surface area (Å²) in [4.78, 5) is 0. The molecule has 0 aliphatic heterocycles. The van der Waals surface area contributed by atoms with Gasteiger partial charge in [0.25, 0.3) is 0 Å². The standard InChI is InChI=1S/C11H21N/c1-10(6-5-9-12)11-7-3-2-4-8-11/h6,11H,2-5,7-9,12H2,1H3/b10-6+. The van der Waals surface area contributed by atoms with Crippen molar-refractivity contribution in [3.05, 3.63) is 11.6 Å². The minimum absolute atomic E-state index is 0.796. The monoisotopic (exact) mass is 167 g/mol. The lowest BCUT2D eigenvalue weighted by molar-refractivity contribution is 0.402. The molecule has 0 aromatic rings. The van der Waals surface area contributed by atoms with Crippen molar-refractivity contribution in [3.8, 4) is 0 Å². The van der Waals surface area contributed by atoms with Crippen LogP contribution in [-0.4, -0.2) is 6.54 Å². The van der Waals surface area contributed by atoms with E-state index in [9.17, 15) is 0 Å². The van der Waals surface area contributed by atoms with E-state index in [-0.39, 0.29) is 0 Å². The maximum atomic E-state index is 5.46. The normalized spacial score (nSPS) is 21.3. The number of hydrogen-bond acceptors (Lipinski definition) is 1. The molecule has 0 saturated heterocycles. The Balaban J connectivity index is 2.33. The quantitative estimate of drug-likeness (QED) is 0.643. The molecule has 1 fully saturated rings. The molecule has 0 atom stereocenters. The van der Waals surface area contributed by atoms with E-state index in [0.29, 0.717) is 0 Å². The predicted molar refractivity (Wildman–Crippen MR) is 54.0 cm³/mol. The van der Waals surface area contributed by atoms with Crippen molar-refractivity contribution in [2.45, 2.75) is 45.4 Å². The Kier molecular flexibility index (Phi) is 4.37. The summed E-state index contributed by atoms with van der Waals surface area (Å²) in [7, 11) is 0. The predicted octanol–water partition coefficient (Wildman–Crippen LogP) is 2.86. The van der Waals surface area contributed by atoms with Crippen LogP contribution in [0.25, 0.3) is 0 Å². The fourth-order valence-corrected chi connectivity index (χ4v) is 2.04. The van der Waals surface area contributed by atoms with Crippen LogP contribution in [0.2, 0.25) is 0 Å². The Labute approximate surface area is 76.0 Å². The van der Waals surface area contributed by atoms with Crippen molar-refractivity contribution >= 4 is 0 Å². The summed E-state index contributed by atoms with van der Waals surface area (Å²) in [5.74, 6) is 0.880. The molecular formula is C11H21N. The molecule has 0 unspecified atom stereocenters. The molecule has 1 aliphatic rings. The number of hydrogen-bond donors (Lipinski definition) is 1. The van der Waals surface area contributed by atoms with Gasteiger partial charge in [-0.3, -0.25) is 0 Å². The highest BCUT2D eigenvalue weighted by Gasteiger charge is 2.13. The molecule has 0 radical (unpaired) electrons. The van der Waals surface area contributed by atoms with Crippen LogP contribution in [0.4, 0.5) is 0 Å². The minimum atomic E-state index is 0.796. The Morgan fingerprint density at radius 1 is 1.33 bits per heavy atom. The molecule has 0 amide bonds. The average Bonchev–Trinajstić information content (AvgIpc) is 2.15. The van der Waals surface area contributed by atoms with Crippen LogP contribution in [0.5, 0.6) is 0 Å². The molecule has 70 valence electrons. The highest BCUT2D eigenvalue weighted by Crippen LogP contribution is 2.29. The van der Waals surface area contributed by atoms with Crippen molar-refractivity contribution in [2.75, 3.05) is 6.54 Å². The first-order valence-corrected chi connectivity index (χ1v) is 5.21. The Hall–Kier alpha value is -0.300. The zero-order chi connectivity index (χ0) is 8.81. The van der Waals surface area contributed by atoms with Gasteiger partial charge in [-0.2, -0.15) is 0 Å². The van der Waals surface area contributed by atoms with Crippen LogP contribution >= 0.6 is 0 Å². The van der Waals surface area contributed by atoms with E-state index in [1.807, 2.05) is 0 Å². The van der Waals surface area contributed by atoms with Crippen molar-refractivity contribution in [3.63, 3.8) is 0 Å². The summed E-state index contributed by atoms with van der Waals surface area (Å²) < 4.78 is 0. The molecule has 2 N–H and O–H groups in total. The summed E-state index contributed by atoms with van der Waals surface area (Å²) in [6, 6.07) is 0. The number of rotatable bonds is 3. The molecule has 1 rings (SSSR count). The van der Waals surface area contributed by atoms with Crippen LogP contribution in [-0.2, 0) is 0 Å². The van der Waals surface area contributed by atoms with Crippen LogP contribution in [0.1, 0.15) is 45.4 Å². The van der Waals surface area contributed by atoms with Crippen LogP contribution in [0.3, 0.4) is 0 Å². The van der Waals surface area contributed by atoms with E-state index in [1.54, 1.807) is 5.57 Å². The lowest BCUT2D eigenvalue weighted by atomic mass is 9.84. The zero-order valence-electron chi connectivity index (χ0n) is 8.18. The van der Waals surface area contributed by atoms with Gasteiger partial charge in [0.2, 0.25) is 0 Å². The molecular weight excluding hydrogens is 146 g/mol. The van der Waals surface area contributed by atoms with Crippen LogP contribution in [0.15, 0.2) is 11.6 Å². The summed E-state index contributed by atoms with van der Waals surface area (Å²) in [5, 5.41) is 0. The first kappa shape index (κ1) is 9.79. The topological polar surface area (TPSA) is 26.0 Å². The largest absolute Gasteiger partial charge is 0.330 e. The van der Waals surface area contributed by atoms with E-state index in [1.165, 1.54) is 32.1 Å². The van der Waals surface area contributed by atoms with Gasteiger partial charge in [-0.25, -0.2) is 0 Å². The van der Waals surface area contributed by atoms with E-state index in [2.05, 4.69) is 13.0 Å². The van der Waals surface area contributed by atoms with Gasteiger partial charge in [0, 0.05) is 0 Å². The van der Waals surface area contributed by atoms with Crippen molar-refractivity contribution < 1.29 is 0 Å². The SMILES string of the molecule is C/C(=C\CCN)C1CCCCC1. The van der Waals surface area contributed by atoms with Gasteiger partial charge in [-0.1, -0.05) is 30.9 Å². The van der Waals surface area contributed by atoms with Gasteiger partial charge in [0.05, 0.1) is 0 Å². The number of allylic oxidation sites excluding steroid dienone is 1. The summed E-state index contributed by atoms with van der Waals surface area (Å²) in [5.41, 5.74) is 7.05. The van der Waals surface area contributed by atoms with Crippen molar-refractivity contribution in [1.82, 2.24) is 0 Å². The minimum Gasteiger partial charge on any atom is -0.330 e. The van der Waals surface area contributed by atoms with Gasteiger partial charge < -0.3 is 5.73 Å². The molecule has 1 nitrogen and oxygen atoms in total. The first-order chi connectivity index (χ1) is 5.84. The van der Waals surface area contributed by atoms with Crippen LogP contribution < -0.4 is 5.73 Å². The second-order valence-corrected chi connectivity index (χ2v) is 3.86. The third-order valence-corrected chi connectivity index (χ3v) is 2.88. The van der Waals surface area contributed by atoms with Gasteiger partial charge >= 0.3 is 0 Å². The summed E-state index contributed by atoms with van der Waals surface area (Å²) >= 11 is 0. The Bertz CT molecular complexity index is 143.